The summed E-state index contributed by atoms with van der Waals surface area (Å²) in [4.78, 5) is 0.903. The first kappa shape index (κ1) is 11.8. The summed E-state index contributed by atoms with van der Waals surface area (Å²) in [6.45, 7) is 1.89. The number of hydrogen-bond acceptors (Lipinski definition) is 2. The lowest BCUT2D eigenvalue weighted by molar-refractivity contribution is 0.630. The Morgan fingerprint density at radius 1 is 1.38 bits per heavy atom. The number of nitrogens with two attached hydrogens (primary N) is 1. The van der Waals surface area contributed by atoms with E-state index in [0.717, 1.165) is 14.9 Å². The van der Waals surface area contributed by atoms with E-state index in [-0.39, 0.29) is 11.9 Å². The maximum atomic E-state index is 13.7. The molecule has 0 spiro atoms. The molecule has 0 amide bonds. The summed E-state index contributed by atoms with van der Waals surface area (Å²) in [6.07, 6.45) is 0. The van der Waals surface area contributed by atoms with Crippen molar-refractivity contribution in [1.82, 2.24) is 0 Å². The first-order chi connectivity index (χ1) is 7.59. The van der Waals surface area contributed by atoms with Crippen LogP contribution in [0.3, 0.4) is 0 Å². The normalized spacial score (nSPS) is 12.8. The van der Waals surface area contributed by atoms with Gasteiger partial charge in [0.2, 0.25) is 0 Å². The Morgan fingerprint density at radius 2 is 2.12 bits per heavy atom. The van der Waals surface area contributed by atoms with Crippen LogP contribution in [-0.2, 0) is 0 Å². The highest BCUT2D eigenvalue weighted by molar-refractivity contribution is 9.10. The van der Waals surface area contributed by atoms with E-state index in [9.17, 15) is 4.39 Å². The maximum Gasteiger partial charge on any atom is 0.131 e. The molecule has 1 nitrogen and oxygen atoms in total. The van der Waals surface area contributed by atoms with E-state index in [1.54, 1.807) is 6.07 Å². The molecule has 1 heterocycles. The minimum Gasteiger partial charge on any atom is -0.324 e. The van der Waals surface area contributed by atoms with Gasteiger partial charge in [0.15, 0.2) is 0 Å². The SMILES string of the molecule is CC(N)c1ccc(F)c(-c2sccc2Br)c1. The molecule has 0 fully saturated rings. The molecule has 0 radical (unpaired) electrons. The molecule has 1 aromatic carbocycles. The van der Waals surface area contributed by atoms with E-state index in [1.807, 2.05) is 24.4 Å². The molecule has 0 aliphatic rings. The van der Waals surface area contributed by atoms with Gasteiger partial charge in [0.1, 0.15) is 5.82 Å². The predicted molar refractivity (Wildman–Crippen MR) is 70.0 cm³/mol. The summed E-state index contributed by atoms with van der Waals surface area (Å²) in [5.74, 6) is -0.215. The molecule has 0 aliphatic heterocycles. The van der Waals surface area contributed by atoms with E-state index in [0.29, 0.717) is 5.56 Å². The second kappa shape index (κ2) is 4.65. The summed E-state index contributed by atoms with van der Waals surface area (Å²) in [6, 6.07) is 6.85. The molecule has 1 aromatic heterocycles. The molecule has 0 saturated heterocycles. The van der Waals surface area contributed by atoms with Crippen molar-refractivity contribution in [1.29, 1.82) is 0 Å². The fourth-order valence-electron chi connectivity index (χ4n) is 1.49. The molecule has 16 heavy (non-hydrogen) atoms. The third-order valence-electron chi connectivity index (χ3n) is 2.38. The van der Waals surface area contributed by atoms with Crippen molar-refractivity contribution in [3.05, 3.63) is 45.5 Å². The zero-order valence-corrected chi connectivity index (χ0v) is 11.1. The van der Waals surface area contributed by atoms with Gasteiger partial charge in [0, 0.05) is 16.1 Å². The summed E-state index contributed by atoms with van der Waals surface area (Å²) >= 11 is 4.92. The molecule has 1 unspecified atom stereocenters. The minimum atomic E-state index is -0.215. The number of halogens is 2. The summed E-state index contributed by atoms with van der Waals surface area (Å²) < 4.78 is 14.6. The first-order valence-electron chi connectivity index (χ1n) is 4.88. The van der Waals surface area contributed by atoms with Crippen LogP contribution in [0.2, 0.25) is 0 Å². The smallest absolute Gasteiger partial charge is 0.131 e. The molecule has 2 aromatic rings. The molecule has 0 aliphatic carbocycles. The fraction of sp³-hybridized carbons (Fsp3) is 0.167. The number of benzene rings is 1. The van der Waals surface area contributed by atoms with E-state index < -0.39 is 0 Å². The van der Waals surface area contributed by atoms with E-state index in [1.165, 1.54) is 17.4 Å². The van der Waals surface area contributed by atoms with Gasteiger partial charge in [-0.2, -0.15) is 0 Å². The van der Waals surface area contributed by atoms with Crippen LogP contribution >= 0.6 is 27.3 Å². The van der Waals surface area contributed by atoms with Crippen LogP contribution in [0.4, 0.5) is 4.39 Å². The Labute approximate surface area is 106 Å². The Bertz CT molecular complexity index is 507. The summed E-state index contributed by atoms with van der Waals surface area (Å²) in [5, 5.41) is 1.93. The van der Waals surface area contributed by atoms with Gasteiger partial charge >= 0.3 is 0 Å². The number of rotatable bonds is 2. The van der Waals surface area contributed by atoms with Crippen molar-refractivity contribution < 1.29 is 4.39 Å². The van der Waals surface area contributed by atoms with Gasteiger partial charge in [-0.3, -0.25) is 0 Å². The van der Waals surface area contributed by atoms with Crippen LogP contribution in [0, 0.1) is 5.82 Å². The van der Waals surface area contributed by atoms with Crippen LogP contribution in [0.25, 0.3) is 10.4 Å². The predicted octanol–water partition coefficient (Wildman–Crippen LogP) is 4.34. The van der Waals surface area contributed by atoms with E-state index >= 15 is 0 Å². The highest BCUT2D eigenvalue weighted by Crippen LogP contribution is 2.35. The monoisotopic (exact) mass is 299 g/mol. The van der Waals surface area contributed by atoms with Crippen molar-refractivity contribution in [3.63, 3.8) is 0 Å². The van der Waals surface area contributed by atoms with Crippen molar-refractivity contribution in [2.45, 2.75) is 13.0 Å². The van der Waals surface area contributed by atoms with Gasteiger partial charge in [-0.15, -0.1) is 11.3 Å². The van der Waals surface area contributed by atoms with Crippen LogP contribution in [0.1, 0.15) is 18.5 Å². The fourth-order valence-corrected chi connectivity index (χ4v) is 3.09. The van der Waals surface area contributed by atoms with Crippen molar-refractivity contribution in [2.75, 3.05) is 0 Å². The van der Waals surface area contributed by atoms with E-state index in [2.05, 4.69) is 15.9 Å². The average molecular weight is 300 g/mol. The van der Waals surface area contributed by atoms with Gasteiger partial charge in [-0.25, -0.2) is 4.39 Å². The zero-order chi connectivity index (χ0) is 11.7. The maximum absolute atomic E-state index is 13.7. The molecule has 4 heteroatoms. The lowest BCUT2D eigenvalue weighted by Gasteiger charge is -2.08. The summed E-state index contributed by atoms with van der Waals surface area (Å²) in [7, 11) is 0. The van der Waals surface area contributed by atoms with Crippen molar-refractivity contribution in [2.24, 2.45) is 5.73 Å². The molecule has 2 rings (SSSR count). The quantitative estimate of drug-likeness (QED) is 0.877. The highest BCUT2D eigenvalue weighted by Gasteiger charge is 2.12. The minimum absolute atomic E-state index is 0.0851. The number of thiophene rings is 1. The topological polar surface area (TPSA) is 26.0 Å². The van der Waals surface area contributed by atoms with Gasteiger partial charge < -0.3 is 5.73 Å². The Hall–Kier alpha value is -0.710. The van der Waals surface area contributed by atoms with Gasteiger partial charge in [0.05, 0.1) is 4.88 Å². The van der Waals surface area contributed by atoms with E-state index in [4.69, 9.17) is 5.73 Å². The Kier molecular flexibility index (Phi) is 3.42. The molecular weight excluding hydrogens is 289 g/mol. The largest absolute Gasteiger partial charge is 0.324 e. The van der Waals surface area contributed by atoms with Crippen molar-refractivity contribution in [3.8, 4) is 10.4 Å². The van der Waals surface area contributed by atoms with Crippen LogP contribution < -0.4 is 5.73 Å². The van der Waals surface area contributed by atoms with Crippen LogP contribution in [0.15, 0.2) is 34.1 Å². The lowest BCUT2D eigenvalue weighted by atomic mass is 10.0. The van der Waals surface area contributed by atoms with Gasteiger partial charge in [-0.05, 0) is 52.0 Å². The second-order valence-electron chi connectivity index (χ2n) is 3.63. The molecule has 1 atom stereocenters. The van der Waals surface area contributed by atoms with Crippen LogP contribution in [-0.4, -0.2) is 0 Å². The third-order valence-corrected chi connectivity index (χ3v) is 4.25. The molecule has 0 saturated carbocycles. The molecular formula is C12H11BrFNS. The van der Waals surface area contributed by atoms with Crippen LogP contribution in [0.5, 0.6) is 0 Å². The molecule has 2 N–H and O–H groups in total. The number of hydrogen-bond donors (Lipinski definition) is 1. The third kappa shape index (κ3) is 2.19. The molecule has 0 bridgehead atoms. The average Bonchev–Trinajstić information content (AvgIpc) is 2.65. The second-order valence-corrected chi connectivity index (χ2v) is 5.40. The summed E-state index contributed by atoms with van der Waals surface area (Å²) in [5.41, 5.74) is 7.34. The Morgan fingerprint density at radius 3 is 2.69 bits per heavy atom. The Balaban J connectivity index is 2.56. The van der Waals surface area contributed by atoms with Gasteiger partial charge in [-0.1, -0.05) is 6.07 Å². The lowest BCUT2D eigenvalue weighted by Crippen LogP contribution is -2.05. The zero-order valence-electron chi connectivity index (χ0n) is 8.71. The van der Waals surface area contributed by atoms with Gasteiger partial charge in [0.25, 0.3) is 0 Å². The highest BCUT2D eigenvalue weighted by atomic mass is 79.9. The standard InChI is InChI=1S/C12H11BrFNS/c1-7(15)8-2-3-11(14)9(6-8)12-10(13)4-5-16-12/h2-7H,15H2,1H3. The van der Waals surface area contributed by atoms with Crippen molar-refractivity contribution >= 4 is 27.3 Å². The molecule has 84 valence electrons. The first-order valence-corrected chi connectivity index (χ1v) is 6.55.